The predicted octanol–water partition coefficient (Wildman–Crippen LogP) is 2.61. The van der Waals surface area contributed by atoms with E-state index >= 15 is 0 Å². The van der Waals surface area contributed by atoms with Crippen LogP contribution in [-0.4, -0.2) is 22.7 Å². The van der Waals surface area contributed by atoms with Crippen molar-refractivity contribution < 1.29 is 22.9 Å². The van der Waals surface area contributed by atoms with Crippen LogP contribution < -0.4 is 5.32 Å². The molecule has 1 aromatic carbocycles. The summed E-state index contributed by atoms with van der Waals surface area (Å²) in [6.07, 6.45) is 0. The van der Waals surface area contributed by atoms with Crippen molar-refractivity contribution in [2.24, 2.45) is 0 Å². The molecule has 0 aliphatic rings. The summed E-state index contributed by atoms with van der Waals surface area (Å²) in [6.45, 7) is 1.78. The first-order chi connectivity index (χ1) is 12.1. The fourth-order valence-corrected chi connectivity index (χ4v) is 2.15. The predicted molar refractivity (Wildman–Crippen MR) is 84.6 cm³/mol. The fraction of sp³-hybridized carbons (Fsp3) is 0.235. The van der Waals surface area contributed by atoms with Crippen LogP contribution >= 0.6 is 0 Å². The molecule has 0 spiro atoms. The fourth-order valence-electron chi connectivity index (χ4n) is 2.15. The second-order valence-electron chi connectivity index (χ2n) is 5.25. The van der Waals surface area contributed by atoms with Crippen molar-refractivity contribution in [3.8, 4) is 11.3 Å². The lowest BCUT2D eigenvalue weighted by Gasteiger charge is -2.03. The summed E-state index contributed by atoms with van der Waals surface area (Å²) in [4.78, 5) is 15.7. The number of nitrogens with one attached hydrogen (secondary N) is 1. The van der Waals surface area contributed by atoms with Crippen molar-refractivity contribution in [1.29, 1.82) is 0 Å². The third-order valence-electron chi connectivity index (χ3n) is 3.29. The Morgan fingerprint density at radius 2 is 2.12 bits per heavy atom. The zero-order valence-electron chi connectivity index (χ0n) is 13.5. The number of carbonyl (C=O) groups is 1. The first kappa shape index (κ1) is 16.8. The zero-order valence-corrected chi connectivity index (χ0v) is 13.5. The quantitative estimate of drug-likeness (QED) is 0.708. The van der Waals surface area contributed by atoms with Gasteiger partial charge in [0.2, 0.25) is 5.91 Å². The normalized spacial score (nSPS) is 10.8. The van der Waals surface area contributed by atoms with Gasteiger partial charge < -0.3 is 19.0 Å². The van der Waals surface area contributed by atoms with Gasteiger partial charge in [-0.1, -0.05) is 17.3 Å². The molecule has 0 bridgehead atoms. The minimum Gasteiger partial charge on any atom is -0.459 e. The van der Waals surface area contributed by atoms with Gasteiger partial charge in [-0.25, -0.2) is 4.39 Å². The van der Waals surface area contributed by atoms with E-state index in [-0.39, 0.29) is 31.5 Å². The number of ether oxygens (including phenoxy) is 1. The van der Waals surface area contributed by atoms with Crippen LogP contribution in [0.3, 0.4) is 0 Å². The standard InChI is InChI=1S/C17H16FN3O4/c1-11-20-17(25-21-11)10-23-9-16(22)19-8-12-6-7-15(24-12)13-4-2-3-5-14(13)18/h2-7H,8-10H2,1H3,(H,19,22). The van der Waals surface area contributed by atoms with Crippen LogP contribution in [0.2, 0.25) is 0 Å². The van der Waals surface area contributed by atoms with Crippen molar-refractivity contribution in [3.63, 3.8) is 0 Å². The van der Waals surface area contributed by atoms with Crippen molar-refractivity contribution in [1.82, 2.24) is 15.5 Å². The van der Waals surface area contributed by atoms with Gasteiger partial charge in [-0.3, -0.25) is 4.79 Å². The van der Waals surface area contributed by atoms with Crippen LogP contribution in [0.1, 0.15) is 17.5 Å². The number of rotatable bonds is 7. The summed E-state index contributed by atoms with van der Waals surface area (Å²) in [5.74, 6) is 1.05. The zero-order chi connectivity index (χ0) is 17.6. The molecule has 130 valence electrons. The van der Waals surface area contributed by atoms with Crippen molar-refractivity contribution in [2.45, 2.75) is 20.1 Å². The molecule has 2 heterocycles. The summed E-state index contributed by atoms with van der Waals surface area (Å²) < 4.78 is 29.3. The third kappa shape index (κ3) is 4.51. The molecule has 7 nitrogen and oxygen atoms in total. The highest BCUT2D eigenvalue weighted by Gasteiger charge is 2.10. The van der Waals surface area contributed by atoms with Crippen LogP contribution in [0.25, 0.3) is 11.3 Å². The summed E-state index contributed by atoms with van der Waals surface area (Å²) in [7, 11) is 0. The lowest BCUT2D eigenvalue weighted by atomic mass is 10.1. The van der Waals surface area contributed by atoms with Crippen LogP contribution in [0.4, 0.5) is 4.39 Å². The van der Waals surface area contributed by atoms with E-state index in [2.05, 4.69) is 15.5 Å². The lowest BCUT2D eigenvalue weighted by molar-refractivity contribution is -0.126. The molecule has 1 amide bonds. The monoisotopic (exact) mass is 345 g/mol. The average molecular weight is 345 g/mol. The molecule has 0 atom stereocenters. The van der Waals surface area contributed by atoms with E-state index in [0.717, 1.165) is 0 Å². The second-order valence-corrected chi connectivity index (χ2v) is 5.25. The molecule has 0 radical (unpaired) electrons. The number of halogens is 1. The second kappa shape index (κ2) is 7.71. The summed E-state index contributed by atoms with van der Waals surface area (Å²) >= 11 is 0. The number of nitrogens with zero attached hydrogens (tertiary/aromatic N) is 2. The minimum atomic E-state index is -0.364. The van der Waals surface area contributed by atoms with E-state index in [1.807, 2.05) is 0 Å². The Morgan fingerprint density at radius 1 is 1.28 bits per heavy atom. The van der Waals surface area contributed by atoms with Gasteiger partial charge in [0, 0.05) is 0 Å². The van der Waals surface area contributed by atoms with Gasteiger partial charge in [0.05, 0.1) is 12.1 Å². The Balaban J connectivity index is 1.45. The number of hydrogen-bond acceptors (Lipinski definition) is 6. The van der Waals surface area contributed by atoms with E-state index in [0.29, 0.717) is 28.8 Å². The van der Waals surface area contributed by atoms with E-state index < -0.39 is 0 Å². The van der Waals surface area contributed by atoms with E-state index in [1.165, 1.54) is 6.07 Å². The van der Waals surface area contributed by atoms with Gasteiger partial charge in [0.1, 0.15) is 30.6 Å². The SMILES string of the molecule is Cc1noc(COCC(=O)NCc2ccc(-c3ccccc3F)o2)n1. The highest BCUT2D eigenvalue weighted by Crippen LogP contribution is 2.24. The Morgan fingerprint density at radius 3 is 2.88 bits per heavy atom. The summed E-state index contributed by atoms with van der Waals surface area (Å²) in [6, 6.07) is 9.67. The van der Waals surface area contributed by atoms with Crippen molar-refractivity contribution >= 4 is 5.91 Å². The topological polar surface area (TPSA) is 90.4 Å². The number of aryl methyl sites for hydroxylation is 1. The molecule has 0 unspecified atom stereocenters. The maximum absolute atomic E-state index is 13.7. The van der Waals surface area contributed by atoms with E-state index in [4.69, 9.17) is 13.7 Å². The number of benzene rings is 1. The van der Waals surface area contributed by atoms with Crippen LogP contribution in [0.15, 0.2) is 45.3 Å². The minimum absolute atomic E-state index is 0.0619. The molecule has 0 fully saturated rings. The van der Waals surface area contributed by atoms with Gasteiger partial charge in [-0.2, -0.15) is 4.98 Å². The molecular weight excluding hydrogens is 329 g/mol. The Hall–Kier alpha value is -3.00. The van der Waals surface area contributed by atoms with Gasteiger partial charge in [-0.15, -0.1) is 0 Å². The van der Waals surface area contributed by atoms with Crippen molar-refractivity contribution in [3.05, 3.63) is 59.7 Å². The molecule has 0 aliphatic heterocycles. The molecule has 25 heavy (non-hydrogen) atoms. The van der Waals surface area contributed by atoms with Gasteiger partial charge in [0.25, 0.3) is 5.89 Å². The molecule has 0 saturated heterocycles. The Bertz CT molecular complexity index is 859. The van der Waals surface area contributed by atoms with Gasteiger partial charge >= 0.3 is 0 Å². The summed E-state index contributed by atoms with van der Waals surface area (Å²) in [5.41, 5.74) is 0.373. The largest absolute Gasteiger partial charge is 0.459 e. The number of aromatic nitrogens is 2. The smallest absolute Gasteiger partial charge is 0.252 e. The molecule has 0 aliphatic carbocycles. The first-order valence-electron chi connectivity index (χ1n) is 7.59. The molecule has 3 rings (SSSR count). The summed E-state index contributed by atoms with van der Waals surface area (Å²) in [5, 5.41) is 6.27. The number of hydrogen-bond donors (Lipinski definition) is 1. The third-order valence-corrected chi connectivity index (χ3v) is 3.29. The maximum atomic E-state index is 13.7. The Kier molecular flexibility index (Phi) is 5.20. The number of furan rings is 1. The molecule has 2 aromatic heterocycles. The van der Waals surface area contributed by atoms with Crippen LogP contribution in [0, 0.1) is 12.7 Å². The molecule has 3 aromatic rings. The molecule has 8 heteroatoms. The van der Waals surface area contributed by atoms with Crippen molar-refractivity contribution in [2.75, 3.05) is 6.61 Å². The number of amides is 1. The first-order valence-corrected chi connectivity index (χ1v) is 7.59. The molecular formula is C17H16FN3O4. The number of carbonyl (C=O) groups excluding carboxylic acids is 1. The van der Waals surface area contributed by atoms with Crippen LogP contribution in [-0.2, 0) is 22.7 Å². The molecule has 0 saturated carbocycles. The van der Waals surface area contributed by atoms with E-state index in [1.54, 1.807) is 37.3 Å². The highest BCUT2D eigenvalue weighted by molar-refractivity contribution is 5.77. The van der Waals surface area contributed by atoms with Gasteiger partial charge in [0.15, 0.2) is 5.82 Å². The highest BCUT2D eigenvalue weighted by atomic mass is 19.1. The van der Waals surface area contributed by atoms with Crippen LogP contribution in [0.5, 0.6) is 0 Å². The Labute approximate surface area is 142 Å². The molecule has 1 N–H and O–H groups in total. The average Bonchev–Trinajstić information content (AvgIpc) is 3.22. The maximum Gasteiger partial charge on any atom is 0.252 e. The van der Waals surface area contributed by atoms with E-state index in [9.17, 15) is 9.18 Å². The lowest BCUT2D eigenvalue weighted by Crippen LogP contribution is -2.26. The van der Waals surface area contributed by atoms with Gasteiger partial charge in [-0.05, 0) is 31.2 Å².